The van der Waals surface area contributed by atoms with Crippen molar-refractivity contribution in [2.45, 2.75) is 6.92 Å². The van der Waals surface area contributed by atoms with E-state index in [1.165, 1.54) is 11.9 Å². The minimum absolute atomic E-state index is 0. The molecule has 0 spiro atoms. The van der Waals surface area contributed by atoms with E-state index in [1.54, 1.807) is 10.9 Å². The van der Waals surface area contributed by atoms with Crippen molar-refractivity contribution in [1.29, 1.82) is 0 Å². The van der Waals surface area contributed by atoms with E-state index in [0.29, 0.717) is 19.0 Å². The van der Waals surface area contributed by atoms with Gasteiger partial charge in [0.2, 0.25) is 0 Å². The fourth-order valence-corrected chi connectivity index (χ4v) is 2.36. The SMILES string of the molecule is Cc1cccc(NC(N)=NCCNc2ncnc3c2cnn3C)c1.I. The highest BCUT2D eigenvalue weighted by Crippen LogP contribution is 2.17. The Morgan fingerprint density at radius 1 is 1.32 bits per heavy atom. The molecule has 0 aliphatic rings. The number of aryl methyl sites for hydroxylation is 2. The molecule has 25 heavy (non-hydrogen) atoms. The molecule has 4 N–H and O–H groups in total. The van der Waals surface area contributed by atoms with Gasteiger partial charge in [-0.1, -0.05) is 12.1 Å². The molecule has 0 fully saturated rings. The summed E-state index contributed by atoms with van der Waals surface area (Å²) in [5.74, 6) is 1.13. The number of nitrogens with zero attached hydrogens (tertiary/aromatic N) is 5. The normalized spacial score (nSPS) is 11.2. The van der Waals surface area contributed by atoms with Gasteiger partial charge in [-0.05, 0) is 24.6 Å². The number of halogens is 1. The van der Waals surface area contributed by atoms with Gasteiger partial charge in [-0.15, -0.1) is 24.0 Å². The van der Waals surface area contributed by atoms with Crippen LogP contribution in [0.25, 0.3) is 11.0 Å². The van der Waals surface area contributed by atoms with Crippen molar-refractivity contribution < 1.29 is 0 Å². The third kappa shape index (κ3) is 4.78. The fraction of sp³-hybridized carbons (Fsp3) is 0.250. The standard InChI is InChI=1S/C16H20N8.HI/c1-11-4-3-5-12(8-11)23-16(17)19-7-6-18-14-13-9-22-24(2)15(13)21-10-20-14;/h3-5,8-10H,6-7H2,1-2H3,(H3,17,19,23)(H,18,20,21);1H. The molecule has 2 heterocycles. The number of rotatable bonds is 5. The molecule has 0 atom stereocenters. The van der Waals surface area contributed by atoms with Gasteiger partial charge in [0.05, 0.1) is 18.1 Å². The first-order valence-electron chi connectivity index (χ1n) is 7.63. The molecule has 0 radical (unpaired) electrons. The lowest BCUT2D eigenvalue weighted by atomic mass is 10.2. The van der Waals surface area contributed by atoms with Crippen LogP contribution in [0.15, 0.2) is 41.8 Å². The summed E-state index contributed by atoms with van der Waals surface area (Å²) in [6.45, 7) is 3.16. The number of aromatic nitrogens is 4. The van der Waals surface area contributed by atoms with Gasteiger partial charge in [0.25, 0.3) is 0 Å². The highest BCUT2D eigenvalue weighted by Gasteiger charge is 2.06. The Morgan fingerprint density at radius 3 is 2.96 bits per heavy atom. The predicted octanol–water partition coefficient (Wildman–Crippen LogP) is 2.13. The van der Waals surface area contributed by atoms with E-state index in [0.717, 1.165) is 22.5 Å². The first-order chi connectivity index (χ1) is 11.6. The Hall–Kier alpha value is -2.43. The van der Waals surface area contributed by atoms with Gasteiger partial charge in [0.15, 0.2) is 11.6 Å². The molecule has 0 aliphatic heterocycles. The van der Waals surface area contributed by atoms with Crippen molar-refractivity contribution in [2.24, 2.45) is 17.8 Å². The quantitative estimate of drug-likeness (QED) is 0.237. The second kappa shape index (κ2) is 8.60. The summed E-state index contributed by atoms with van der Waals surface area (Å²) in [4.78, 5) is 12.8. The number of aliphatic imine (C=N–C) groups is 1. The average molecular weight is 452 g/mol. The van der Waals surface area contributed by atoms with Gasteiger partial charge in [-0.3, -0.25) is 9.67 Å². The maximum Gasteiger partial charge on any atom is 0.193 e. The fourth-order valence-electron chi connectivity index (χ4n) is 2.36. The molecule has 8 nitrogen and oxygen atoms in total. The number of fused-ring (bicyclic) bond motifs is 1. The molecular weight excluding hydrogens is 431 g/mol. The number of hydrogen-bond donors (Lipinski definition) is 3. The number of anilines is 2. The van der Waals surface area contributed by atoms with Crippen LogP contribution in [0.2, 0.25) is 0 Å². The minimum Gasteiger partial charge on any atom is -0.370 e. The summed E-state index contributed by atoms with van der Waals surface area (Å²) in [5.41, 5.74) is 8.78. The maximum atomic E-state index is 5.90. The van der Waals surface area contributed by atoms with Crippen molar-refractivity contribution in [3.05, 3.63) is 42.4 Å². The third-order valence-corrected chi connectivity index (χ3v) is 3.51. The zero-order valence-corrected chi connectivity index (χ0v) is 16.4. The second-order valence-electron chi connectivity index (χ2n) is 5.42. The summed E-state index contributed by atoms with van der Waals surface area (Å²) >= 11 is 0. The monoisotopic (exact) mass is 452 g/mol. The molecule has 1 aromatic carbocycles. The largest absolute Gasteiger partial charge is 0.370 e. The first-order valence-corrected chi connectivity index (χ1v) is 7.63. The molecular formula is C16H21IN8. The summed E-state index contributed by atoms with van der Waals surface area (Å²) in [6, 6.07) is 7.97. The third-order valence-electron chi connectivity index (χ3n) is 3.51. The number of nitrogens with one attached hydrogen (secondary N) is 2. The van der Waals surface area contributed by atoms with Crippen LogP contribution in [-0.4, -0.2) is 38.8 Å². The summed E-state index contributed by atoms with van der Waals surface area (Å²) in [5, 5.41) is 11.4. The molecule has 0 saturated heterocycles. The van der Waals surface area contributed by atoms with Gasteiger partial charge in [-0.25, -0.2) is 9.97 Å². The van der Waals surface area contributed by atoms with Crippen molar-refractivity contribution in [2.75, 3.05) is 23.7 Å². The summed E-state index contributed by atoms with van der Waals surface area (Å²) in [6.07, 6.45) is 3.26. The van der Waals surface area contributed by atoms with E-state index in [-0.39, 0.29) is 24.0 Å². The van der Waals surface area contributed by atoms with E-state index >= 15 is 0 Å². The molecule has 3 rings (SSSR count). The van der Waals surface area contributed by atoms with Gasteiger partial charge in [-0.2, -0.15) is 5.10 Å². The lowest BCUT2D eigenvalue weighted by Gasteiger charge is -2.07. The molecule has 0 bridgehead atoms. The van der Waals surface area contributed by atoms with Gasteiger partial charge in [0, 0.05) is 19.3 Å². The Morgan fingerprint density at radius 2 is 2.16 bits per heavy atom. The van der Waals surface area contributed by atoms with Crippen molar-refractivity contribution in [3.8, 4) is 0 Å². The lowest BCUT2D eigenvalue weighted by molar-refractivity contribution is 0.785. The highest BCUT2D eigenvalue weighted by molar-refractivity contribution is 14.0. The van der Waals surface area contributed by atoms with E-state index in [4.69, 9.17) is 5.73 Å². The van der Waals surface area contributed by atoms with Gasteiger partial charge >= 0.3 is 0 Å². The molecule has 0 amide bonds. The second-order valence-corrected chi connectivity index (χ2v) is 5.42. The maximum absolute atomic E-state index is 5.90. The van der Waals surface area contributed by atoms with Crippen LogP contribution in [0.3, 0.4) is 0 Å². The Labute approximate surface area is 163 Å². The van der Waals surface area contributed by atoms with Crippen molar-refractivity contribution in [3.63, 3.8) is 0 Å². The van der Waals surface area contributed by atoms with Crippen LogP contribution in [0.5, 0.6) is 0 Å². The zero-order valence-electron chi connectivity index (χ0n) is 14.1. The first kappa shape index (κ1) is 18.9. The van der Waals surface area contributed by atoms with Crippen LogP contribution in [0.4, 0.5) is 11.5 Å². The topological polar surface area (TPSA) is 106 Å². The van der Waals surface area contributed by atoms with E-state index in [9.17, 15) is 0 Å². The zero-order chi connectivity index (χ0) is 16.9. The molecule has 9 heteroatoms. The van der Waals surface area contributed by atoms with Crippen molar-refractivity contribution in [1.82, 2.24) is 19.7 Å². The van der Waals surface area contributed by atoms with Gasteiger partial charge < -0.3 is 16.4 Å². The van der Waals surface area contributed by atoms with E-state index < -0.39 is 0 Å². The summed E-state index contributed by atoms with van der Waals surface area (Å²) < 4.78 is 1.71. The number of benzene rings is 1. The van der Waals surface area contributed by atoms with E-state index in [1.807, 2.05) is 38.2 Å². The van der Waals surface area contributed by atoms with Crippen LogP contribution < -0.4 is 16.4 Å². The van der Waals surface area contributed by atoms with Crippen LogP contribution in [0.1, 0.15) is 5.56 Å². The predicted molar refractivity (Wildman–Crippen MR) is 111 cm³/mol. The summed E-state index contributed by atoms with van der Waals surface area (Å²) in [7, 11) is 1.85. The highest BCUT2D eigenvalue weighted by atomic mass is 127. The van der Waals surface area contributed by atoms with Crippen LogP contribution >= 0.6 is 24.0 Å². The number of hydrogen-bond acceptors (Lipinski definition) is 5. The van der Waals surface area contributed by atoms with Crippen molar-refractivity contribution >= 4 is 52.5 Å². The van der Waals surface area contributed by atoms with Crippen LogP contribution in [-0.2, 0) is 7.05 Å². The Bertz CT molecular complexity index is 873. The molecule has 2 aromatic heterocycles. The van der Waals surface area contributed by atoms with Crippen LogP contribution in [0, 0.1) is 6.92 Å². The number of nitrogens with two attached hydrogens (primary N) is 1. The molecule has 0 saturated carbocycles. The minimum atomic E-state index is 0. The number of guanidine groups is 1. The van der Waals surface area contributed by atoms with Gasteiger partial charge in [0.1, 0.15) is 12.1 Å². The lowest BCUT2D eigenvalue weighted by Crippen LogP contribution is -2.23. The molecule has 132 valence electrons. The molecule has 0 unspecified atom stereocenters. The van der Waals surface area contributed by atoms with E-state index in [2.05, 4.69) is 30.7 Å². The average Bonchev–Trinajstić information content (AvgIpc) is 2.94. The molecule has 3 aromatic rings. The molecule has 0 aliphatic carbocycles. The Kier molecular flexibility index (Phi) is 6.51. The smallest absolute Gasteiger partial charge is 0.193 e. The Balaban J connectivity index is 0.00000225.